The van der Waals surface area contributed by atoms with Crippen LogP contribution in [0.2, 0.25) is 0 Å². The second-order valence-corrected chi connectivity index (χ2v) is 8.65. The fourth-order valence-electron chi connectivity index (χ4n) is 4.49. The molecule has 7 nitrogen and oxygen atoms in total. The van der Waals surface area contributed by atoms with Crippen molar-refractivity contribution in [3.8, 4) is 5.75 Å². The van der Waals surface area contributed by atoms with Crippen LogP contribution in [0, 0.1) is 5.92 Å². The summed E-state index contributed by atoms with van der Waals surface area (Å²) in [5, 5.41) is 4.18. The van der Waals surface area contributed by atoms with Gasteiger partial charge in [-0.05, 0) is 62.1 Å². The van der Waals surface area contributed by atoms with Crippen LogP contribution in [0.3, 0.4) is 0 Å². The number of carbonyl (C=O) groups is 1. The summed E-state index contributed by atoms with van der Waals surface area (Å²) in [6.07, 6.45) is 7.28. The summed E-state index contributed by atoms with van der Waals surface area (Å²) in [4.78, 5) is 19.2. The van der Waals surface area contributed by atoms with Gasteiger partial charge < -0.3 is 18.9 Å². The van der Waals surface area contributed by atoms with Gasteiger partial charge in [0.25, 0.3) is 0 Å². The lowest BCUT2D eigenvalue weighted by Gasteiger charge is -2.32. The summed E-state index contributed by atoms with van der Waals surface area (Å²) in [5.41, 5.74) is 1.17. The zero-order valence-corrected chi connectivity index (χ0v) is 18.4. The molecule has 1 aromatic heterocycles. The zero-order chi connectivity index (χ0) is 21.5. The van der Waals surface area contributed by atoms with E-state index < -0.39 is 0 Å². The second-order valence-electron chi connectivity index (χ2n) is 8.65. The number of benzene rings is 1. The normalized spacial score (nSPS) is 18.3. The van der Waals surface area contributed by atoms with Gasteiger partial charge in [0.15, 0.2) is 5.82 Å². The zero-order valence-electron chi connectivity index (χ0n) is 18.4. The second kappa shape index (κ2) is 10.8. The third-order valence-corrected chi connectivity index (χ3v) is 6.58. The number of hydrogen-bond acceptors (Lipinski definition) is 6. The van der Waals surface area contributed by atoms with Crippen molar-refractivity contribution in [3.05, 3.63) is 41.5 Å². The van der Waals surface area contributed by atoms with Gasteiger partial charge in [-0.1, -0.05) is 17.3 Å². The summed E-state index contributed by atoms with van der Waals surface area (Å²) >= 11 is 0. The highest BCUT2D eigenvalue weighted by molar-refractivity contribution is 5.76. The molecule has 0 unspecified atom stereocenters. The first kappa shape index (κ1) is 21.8. The molecule has 1 aromatic carbocycles. The summed E-state index contributed by atoms with van der Waals surface area (Å²) < 4.78 is 16.1. The van der Waals surface area contributed by atoms with Gasteiger partial charge in [0.2, 0.25) is 11.8 Å². The highest BCUT2D eigenvalue weighted by atomic mass is 16.5. The average Bonchev–Trinajstić information content (AvgIpc) is 3.31. The maximum absolute atomic E-state index is 12.6. The van der Waals surface area contributed by atoms with E-state index in [1.165, 1.54) is 5.56 Å². The van der Waals surface area contributed by atoms with Crippen molar-refractivity contribution in [2.75, 3.05) is 33.4 Å². The first-order valence-corrected chi connectivity index (χ1v) is 11.5. The van der Waals surface area contributed by atoms with E-state index in [4.69, 9.17) is 14.0 Å². The molecule has 168 valence electrons. The number of carbonyl (C=O) groups excluding carboxylic acids is 1. The molecule has 1 amide bonds. The smallest absolute Gasteiger partial charge is 0.229 e. The van der Waals surface area contributed by atoms with Gasteiger partial charge in [-0.15, -0.1) is 0 Å². The third-order valence-electron chi connectivity index (χ3n) is 6.58. The maximum Gasteiger partial charge on any atom is 0.229 e. The SMILES string of the molecule is COc1ccc(CCC(=O)N2CCC(CCc3noc(C4CCOCC4)n3)CC2)cc1. The molecule has 0 bridgehead atoms. The molecule has 2 fully saturated rings. The first-order valence-electron chi connectivity index (χ1n) is 11.5. The number of hydrogen-bond donors (Lipinski definition) is 0. The van der Waals surface area contributed by atoms with Crippen molar-refractivity contribution in [3.63, 3.8) is 0 Å². The largest absolute Gasteiger partial charge is 0.497 e. The number of aromatic nitrogens is 2. The third kappa shape index (κ3) is 6.06. The predicted molar refractivity (Wildman–Crippen MR) is 116 cm³/mol. The van der Waals surface area contributed by atoms with Gasteiger partial charge in [0, 0.05) is 45.1 Å². The standard InChI is InChI=1S/C24H33N3O4/c1-29-21-6-2-18(3-7-21)5-9-23(28)27-14-10-19(11-15-27)4-8-22-25-24(31-26-22)20-12-16-30-17-13-20/h2-3,6-7,19-20H,4-5,8-17H2,1H3. The molecule has 0 spiro atoms. The number of nitrogens with zero attached hydrogens (tertiary/aromatic N) is 3. The lowest BCUT2D eigenvalue weighted by atomic mass is 9.92. The lowest BCUT2D eigenvalue weighted by molar-refractivity contribution is -0.132. The Kier molecular flexibility index (Phi) is 7.57. The van der Waals surface area contributed by atoms with Crippen LogP contribution in [-0.4, -0.2) is 54.4 Å². The van der Waals surface area contributed by atoms with Crippen LogP contribution in [0.5, 0.6) is 5.75 Å². The summed E-state index contributed by atoms with van der Waals surface area (Å²) in [7, 11) is 1.66. The molecule has 0 radical (unpaired) electrons. The topological polar surface area (TPSA) is 77.7 Å². The van der Waals surface area contributed by atoms with E-state index >= 15 is 0 Å². The minimum absolute atomic E-state index is 0.258. The maximum atomic E-state index is 12.6. The number of amides is 1. The van der Waals surface area contributed by atoms with E-state index in [0.717, 1.165) is 88.7 Å². The molecular formula is C24H33N3O4. The van der Waals surface area contributed by atoms with Crippen LogP contribution in [-0.2, 0) is 22.4 Å². The first-order chi connectivity index (χ1) is 15.2. The van der Waals surface area contributed by atoms with Gasteiger partial charge in [0.1, 0.15) is 5.75 Å². The minimum Gasteiger partial charge on any atom is -0.497 e. The molecule has 2 saturated heterocycles. The van der Waals surface area contributed by atoms with Crippen LogP contribution in [0.15, 0.2) is 28.8 Å². The number of likely N-dealkylation sites (tertiary alicyclic amines) is 1. The van der Waals surface area contributed by atoms with E-state index in [1.54, 1.807) is 7.11 Å². The van der Waals surface area contributed by atoms with Gasteiger partial charge in [0.05, 0.1) is 7.11 Å². The molecule has 0 N–H and O–H groups in total. The Morgan fingerprint density at radius 3 is 2.55 bits per heavy atom. The number of rotatable bonds is 8. The fraction of sp³-hybridized carbons (Fsp3) is 0.625. The molecule has 31 heavy (non-hydrogen) atoms. The molecule has 0 aliphatic carbocycles. The van der Waals surface area contributed by atoms with E-state index in [2.05, 4.69) is 10.1 Å². The molecule has 7 heteroatoms. The molecule has 0 atom stereocenters. The van der Waals surface area contributed by atoms with Crippen molar-refractivity contribution < 1.29 is 18.8 Å². The van der Waals surface area contributed by atoms with E-state index in [-0.39, 0.29) is 5.91 Å². The van der Waals surface area contributed by atoms with E-state index in [1.807, 2.05) is 29.2 Å². The Hall–Kier alpha value is -2.41. The summed E-state index contributed by atoms with van der Waals surface area (Å²) in [6.45, 7) is 3.26. The Balaban J connectivity index is 1.15. The number of piperidine rings is 1. The predicted octanol–water partition coefficient (Wildman–Crippen LogP) is 3.78. The Bertz CT molecular complexity index is 822. The molecule has 2 aliphatic rings. The van der Waals surface area contributed by atoms with E-state index in [9.17, 15) is 4.79 Å². The van der Waals surface area contributed by atoms with Crippen molar-refractivity contribution in [1.82, 2.24) is 15.0 Å². The van der Waals surface area contributed by atoms with Crippen LogP contribution < -0.4 is 4.74 Å². The highest BCUT2D eigenvalue weighted by Crippen LogP contribution is 2.27. The van der Waals surface area contributed by atoms with Gasteiger partial charge in [-0.2, -0.15) is 4.98 Å². The monoisotopic (exact) mass is 427 g/mol. The molecule has 3 heterocycles. The number of aryl methyl sites for hydroxylation is 2. The van der Waals surface area contributed by atoms with Crippen LogP contribution >= 0.6 is 0 Å². The minimum atomic E-state index is 0.258. The van der Waals surface area contributed by atoms with Crippen molar-refractivity contribution >= 4 is 5.91 Å². The average molecular weight is 428 g/mol. The summed E-state index contributed by atoms with van der Waals surface area (Å²) in [5.74, 6) is 3.67. The molecule has 2 aromatic rings. The lowest BCUT2D eigenvalue weighted by Crippen LogP contribution is -2.38. The summed E-state index contributed by atoms with van der Waals surface area (Å²) in [6, 6.07) is 7.95. The molecular weight excluding hydrogens is 394 g/mol. The Morgan fingerprint density at radius 1 is 1.10 bits per heavy atom. The van der Waals surface area contributed by atoms with Crippen molar-refractivity contribution in [1.29, 1.82) is 0 Å². The Morgan fingerprint density at radius 2 is 1.84 bits per heavy atom. The van der Waals surface area contributed by atoms with Crippen LogP contribution in [0.25, 0.3) is 0 Å². The van der Waals surface area contributed by atoms with E-state index in [0.29, 0.717) is 18.3 Å². The van der Waals surface area contributed by atoms with Gasteiger partial charge >= 0.3 is 0 Å². The Labute approximate surface area is 184 Å². The molecule has 2 aliphatic heterocycles. The molecule has 0 saturated carbocycles. The number of ether oxygens (including phenoxy) is 2. The quantitative estimate of drug-likeness (QED) is 0.638. The molecule has 4 rings (SSSR count). The van der Waals surface area contributed by atoms with Crippen molar-refractivity contribution in [2.45, 2.75) is 57.3 Å². The highest BCUT2D eigenvalue weighted by Gasteiger charge is 2.24. The fourth-order valence-corrected chi connectivity index (χ4v) is 4.49. The van der Waals surface area contributed by atoms with Crippen molar-refractivity contribution in [2.24, 2.45) is 5.92 Å². The van der Waals surface area contributed by atoms with Crippen LogP contribution in [0.4, 0.5) is 0 Å². The van der Waals surface area contributed by atoms with Gasteiger partial charge in [-0.25, -0.2) is 0 Å². The van der Waals surface area contributed by atoms with Gasteiger partial charge in [-0.3, -0.25) is 4.79 Å². The number of methoxy groups -OCH3 is 1. The van der Waals surface area contributed by atoms with Crippen LogP contribution in [0.1, 0.15) is 61.7 Å².